The molecule has 0 atom stereocenters. The number of non-ortho nitro benzene ring substituents is 1. The smallest absolute Gasteiger partial charge is 0.493 e. The van der Waals surface area contributed by atoms with E-state index in [4.69, 9.17) is 14.2 Å². The summed E-state index contributed by atoms with van der Waals surface area (Å²) in [7, 11) is 1.30. The Kier molecular flexibility index (Phi) is 7.19. The largest absolute Gasteiger partial charge is 0.514 e. The lowest BCUT2D eigenvalue weighted by molar-refractivity contribution is -0.385. The first-order valence-corrected chi connectivity index (χ1v) is 9.35. The molecule has 29 heavy (non-hydrogen) atoms. The number of nitro groups is 1. The molecule has 9 nitrogen and oxygen atoms in total. The Morgan fingerprint density at radius 2 is 1.83 bits per heavy atom. The van der Waals surface area contributed by atoms with Gasteiger partial charge in [-0.1, -0.05) is 0 Å². The summed E-state index contributed by atoms with van der Waals surface area (Å²) in [5.74, 6) is -0.288. The summed E-state index contributed by atoms with van der Waals surface area (Å²) < 4.78 is 15.6. The van der Waals surface area contributed by atoms with Gasteiger partial charge in [0.15, 0.2) is 11.5 Å². The molecule has 1 aromatic carbocycles. The fourth-order valence-corrected chi connectivity index (χ4v) is 2.83. The van der Waals surface area contributed by atoms with Gasteiger partial charge in [0.2, 0.25) is 5.91 Å². The zero-order valence-electron chi connectivity index (χ0n) is 17.1. The van der Waals surface area contributed by atoms with Gasteiger partial charge in [0, 0.05) is 30.8 Å². The molecule has 0 saturated carbocycles. The quantitative estimate of drug-likeness (QED) is 0.239. The molecule has 0 bridgehead atoms. The van der Waals surface area contributed by atoms with Crippen molar-refractivity contribution in [1.82, 2.24) is 4.90 Å². The van der Waals surface area contributed by atoms with Gasteiger partial charge in [-0.15, -0.1) is 0 Å². The van der Waals surface area contributed by atoms with Crippen LogP contribution in [-0.2, 0) is 9.53 Å². The Bertz CT molecular complexity index is 806. The van der Waals surface area contributed by atoms with Crippen LogP contribution in [0.15, 0.2) is 18.2 Å². The van der Waals surface area contributed by atoms with Gasteiger partial charge in [0.05, 0.1) is 18.1 Å². The van der Waals surface area contributed by atoms with Crippen LogP contribution in [0.3, 0.4) is 0 Å². The maximum absolute atomic E-state index is 12.4. The monoisotopic (exact) mass is 406 g/mol. The number of piperidine rings is 1. The summed E-state index contributed by atoms with van der Waals surface area (Å²) in [6.07, 6.45) is 4.68. The van der Waals surface area contributed by atoms with Crippen LogP contribution in [0.1, 0.15) is 45.6 Å². The van der Waals surface area contributed by atoms with Crippen molar-refractivity contribution in [2.24, 2.45) is 0 Å². The van der Waals surface area contributed by atoms with Crippen LogP contribution in [0, 0.1) is 10.1 Å². The van der Waals surface area contributed by atoms with E-state index in [-0.39, 0.29) is 28.7 Å². The van der Waals surface area contributed by atoms with Crippen molar-refractivity contribution in [3.63, 3.8) is 0 Å². The van der Waals surface area contributed by atoms with Crippen molar-refractivity contribution in [1.29, 1.82) is 0 Å². The van der Waals surface area contributed by atoms with Crippen LogP contribution in [0.2, 0.25) is 0 Å². The number of carbonyl (C=O) groups excluding carboxylic acids is 2. The molecule has 158 valence electrons. The maximum Gasteiger partial charge on any atom is 0.514 e. The van der Waals surface area contributed by atoms with Gasteiger partial charge in [-0.05, 0) is 46.1 Å². The van der Waals surface area contributed by atoms with Gasteiger partial charge in [0.25, 0.3) is 5.69 Å². The Morgan fingerprint density at radius 3 is 2.38 bits per heavy atom. The molecule has 1 amide bonds. The number of ether oxygens (including phenoxy) is 3. The molecule has 2 rings (SSSR count). The van der Waals surface area contributed by atoms with Gasteiger partial charge in [0.1, 0.15) is 5.60 Å². The molecule has 0 radical (unpaired) electrons. The van der Waals surface area contributed by atoms with Gasteiger partial charge < -0.3 is 19.1 Å². The summed E-state index contributed by atoms with van der Waals surface area (Å²) in [4.78, 5) is 36.9. The third kappa shape index (κ3) is 6.48. The van der Waals surface area contributed by atoms with Crippen molar-refractivity contribution >= 4 is 23.8 Å². The van der Waals surface area contributed by atoms with E-state index in [1.54, 1.807) is 25.7 Å². The lowest BCUT2D eigenvalue weighted by Crippen LogP contribution is -2.34. The molecule has 0 aliphatic carbocycles. The SMILES string of the molecule is COc1cc([N+](=O)[O-])cc(/C=C/C(=O)N2CCCCC2)c1OC(=O)OC(C)(C)C. The molecule has 0 N–H and O–H groups in total. The standard InChI is InChI=1S/C20H26N2O7/c1-20(2,3)29-19(24)28-18-14(12-15(22(25)26)13-16(18)27-4)8-9-17(23)21-10-6-5-7-11-21/h8-9,12-13H,5-7,10-11H2,1-4H3/b9-8+. The van der Waals surface area contributed by atoms with Gasteiger partial charge in [-0.3, -0.25) is 14.9 Å². The van der Waals surface area contributed by atoms with E-state index in [0.717, 1.165) is 25.3 Å². The van der Waals surface area contributed by atoms with E-state index in [0.29, 0.717) is 13.1 Å². The second-order valence-corrected chi connectivity index (χ2v) is 7.61. The summed E-state index contributed by atoms with van der Waals surface area (Å²) in [5.41, 5.74) is -0.888. The first kappa shape index (κ1) is 22.2. The maximum atomic E-state index is 12.4. The number of benzene rings is 1. The fourth-order valence-electron chi connectivity index (χ4n) is 2.83. The minimum Gasteiger partial charge on any atom is -0.493 e. The van der Waals surface area contributed by atoms with Gasteiger partial charge >= 0.3 is 6.16 Å². The van der Waals surface area contributed by atoms with Crippen LogP contribution in [-0.4, -0.2) is 47.7 Å². The summed E-state index contributed by atoms with van der Waals surface area (Å²) >= 11 is 0. The highest BCUT2D eigenvalue weighted by molar-refractivity contribution is 5.92. The molecule has 0 aromatic heterocycles. The minimum absolute atomic E-state index is 0.0184. The predicted molar refractivity (Wildman–Crippen MR) is 106 cm³/mol. The molecule has 1 fully saturated rings. The molecule has 9 heteroatoms. The normalized spacial score (nSPS) is 14.6. The summed E-state index contributed by atoms with van der Waals surface area (Å²) in [6, 6.07) is 2.35. The van der Waals surface area contributed by atoms with E-state index < -0.39 is 16.7 Å². The van der Waals surface area contributed by atoms with Crippen LogP contribution in [0.4, 0.5) is 10.5 Å². The van der Waals surface area contributed by atoms with E-state index in [9.17, 15) is 19.7 Å². The number of methoxy groups -OCH3 is 1. The molecule has 1 aliphatic rings. The Morgan fingerprint density at radius 1 is 1.17 bits per heavy atom. The zero-order chi connectivity index (χ0) is 21.6. The Hall–Kier alpha value is -3.10. The lowest BCUT2D eigenvalue weighted by atomic mass is 10.1. The number of hydrogen-bond donors (Lipinski definition) is 0. The second kappa shape index (κ2) is 9.40. The highest BCUT2D eigenvalue weighted by atomic mass is 16.7. The van der Waals surface area contributed by atoms with Crippen molar-refractivity contribution in [3.8, 4) is 11.5 Å². The minimum atomic E-state index is -0.985. The molecular weight excluding hydrogens is 380 g/mol. The molecule has 1 aliphatic heterocycles. The van der Waals surface area contributed by atoms with E-state index in [2.05, 4.69) is 0 Å². The number of likely N-dealkylation sites (tertiary alicyclic amines) is 1. The first-order valence-electron chi connectivity index (χ1n) is 9.35. The average molecular weight is 406 g/mol. The number of nitro benzene ring substituents is 1. The van der Waals surface area contributed by atoms with Crippen molar-refractivity contribution in [3.05, 3.63) is 33.9 Å². The van der Waals surface area contributed by atoms with Crippen molar-refractivity contribution < 1.29 is 28.7 Å². The van der Waals surface area contributed by atoms with Crippen LogP contribution >= 0.6 is 0 Å². The van der Waals surface area contributed by atoms with Crippen LogP contribution in [0.5, 0.6) is 11.5 Å². The number of amides is 1. The molecule has 1 saturated heterocycles. The van der Waals surface area contributed by atoms with Crippen molar-refractivity contribution in [2.45, 2.75) is 45.6 Å². The average Bonchev–Trinajstić information content (AvgIpc) is 2.65. The molecule has 1 heterocycles. The third-order valence-corrected chi connectivity index (χ3v) is 4.15. The molecular formula is C20H26N2O7. The van der Waals surface area contributed by atoms with Crippen molar-refractivity contribution in [2.75, 3.05) is 20.2 Å². The van der Waals surface area contributed by atoms with E-state index in [1.807, 2.05) is 0 Å². The third-order valence-electron chi connectivity index (χ3n) is 4.15. The highest BCUT2D eigenvalue weighted by Gasteiger charge is 2.24. The number of carbonyl (C=O) groups is 2. The molecule has 1 aromatic rings. The number of hydrogen-bond acceptors (Lipinski definition) is 7. The zero-order valence-corrected chi connectivity index (χ0v) is 17.1. The number of rotatable bonds is 5. The Labute approximate surface area is 169 Å². The van der Waals surface area contributed by atoms with Gasteiger partial charge in [-0.2, -0.15) is 0 Å². The summed E-state index contributed by atoms with van der Waals surface area (Å²) in [6.45, 7) is 6.38. The fraction of sp³-hybridized carbons (Fsp3) is 0.500. The number of nitrogens with zero attached hydrogens (tertiary/aromatic N) is 2. The van der Waals surface area contributed by atoms with Crippen LogP contribution < -0.4 is 9.47 Å². The van der Waals surface area contributed by atoms with E-state index in [1.165, 1.54) is 25.3 Å². The topological polar surface area (TPSA) is 108 Å². The van der Waals surface area contributed by atoms with Gasteiger partial charge in [-0.25, -0.2) is 4.79 Å². The molecule has 0 unspecified atom stereocenters. The second-order valence-electron chi connectivity index (χ2n) is 7.61. The first-order chi connectivity index (χ1) is 13.6. The van der Waals surface area contributed by atoms with E-state index >= 15 is 0 Å². The lowest BCUT2D eigenvalue weighted by Gasteiger charge is -2.25. The Balaban J connectivity index is 2.36. The van der Waals surface area contributed by atoms with Crippen LogP contribution in [0.25, 0.3) is 6.08 Å². The molecule has 0 spiro atoms. The highest BCUT2D eigenvalue weighted by Crippen LogP contribution is 2.37. The predicted octanol–water partition coefficient (Wildman–Crippen LogP) is 3.94. The summed E-state index contributed by atoms with van der Waals surface area (Å²) in [5, 5.41) is 11.2.